The van der Waals surface area contributed by atoms with Crippen molar-refractivity contribution in [3.05, 3.63) is 63.9 Å². The van der Waals surface area contributed by atoms with Gasteiger partial charge in [0.1, 0.15) is 23.4 Å². The molecule has 2 amide bonds. The Kier molecular flexibility index (Phi) is 5.54. The summed E-state index contributed by atoms with van der Waals surface area (Å²) in [6.07, 6.45) is -1.32. The molecule has 34 heavy (non-hydrogen) atoms. The second kappa shape index (κ2) is 8.18. The molecule has 1 unspecified atom stereocenters. The van der Waals surface area contributed by atoms with Gasteiger partial charge in [-0.25, -0.2) is 8.78 Å². The average molecular weight is 500 g/mol. The number of hydrogen-bond donors (Lipinski definition) is 1. The molecule has 2 aliphatic carbocycles. The van der Waals surface area contributed by atoms with Crippen LogP contribution in [0.15, 0.2) is 30.5 Å². The highest BCUT2D eigenvalue weighted by Crippen LogP contribution is 2.49. The first kappa shape index (κ1) is 23.0. The summed E-state index contributed by atoms with van der Waals surface area (Å²) in [7, 11) is 0. The van der Waals surface area contributed by atoms with Crippen LogP contribution in [0.1, 0.15) is 53.3 Å². The van der Waals surface area contributed by atoms with Crippen molar-refractivity contribution in [2.75, 3.05) is 0 Å². The normalized spacial score (nSPS) is 24.5. The molecule has 2 heterocycles. The number of aromatic nitrogens is 1. The molecule has 1 saturated heterocycles. The van der Waals surface area contributed by atoms with E-state index in [1.807, 2.05) is 0 Å². The van der Waals surface area contributed by atoms with Gasteiger partial charge in [0.05, 0.1) is 16.6 Å². The zero-order valence-electron chi connectivity index (χ0n) is 17.6. The highest BCUT2D eigenvalue weighted by molar-refractivity contribution is 6.30. The van der Waals surface area contributed by atoms with Crippen molar-refractivity contribution in [1.82, 2.24) is 15.2 Å². The summed E-state index contributed by atoms with van der Waals surface area (Å²) >= 11 is 5.64. The fourth-order valence-electron chi connectivity index (χ4n) is 4.74. The van der Waals surface area contributed by atoms with E-state index in [1.54, 1.807) is 0 Å². The lowest BCUT2D eigenvalue weighted by Crippen LogP contribution is -2.49. The molecule has 2 aromatic rings. The maximum Gasteiger partial charge on any atom is 0.416 e. The summed E-state index contributed by atoms with van der Waals surface area (Å²) in [6, 6.07) is 1.25. The Bertz CT molecular complexity index is 1170. The van der Waals surface area contributed by atoms with Gasteiger partial charge in [0.25, 0.3) is 5.91 Å². The standard InChI is InChI=1S/C23H19ClF5N3O2/c24-14-9-15(25)13(8-16(14)26)20(10-1-2-10)31-21(33)19-6-11-5-18(11)32(19)22(34)17-7-12(3-4-30-17)23(27,28)29/h3-4,7-11,18-20H,1-2,5-6H2,(H,31,33)/t11-,18-,19-,20?/m1/s1. The second-order valence-electron chi connectivity index (χ2n) is 9.07. The van der Waals surface area contributed by atoms with E-state index in [9.17, 15) is 31.5 Å². The highest BCUT2D eigenvalue weighted by Gasteiger charge is 2.57. The van der Waals surface area contributed by atoms with Crippen LogP contribution in [0.4, 0.5) is 22.0 Å². The van der Waals surface area contributed by atoms with Gasteiger partial charge in [0, 0.05) is 17.8 Å². The second-order valence-corrected chi connectivity index (χ2v) is 9.47. The Morgan fingerprint density at radius 3 is 2.53 bits per heavy atom. The first-order valence-corrected chi connectivity index (χ1v) is 11.2. The molecule has 180 valence electrons. The van der Waals surface area contributed by atoms with Gasteiger partial charge in [0.15, 0.2) is 0 Å². The van der Waals surface area contributed by atoms with E-state index in [4.69, 9.17) is 11.6 Å². The van der Waals surface area contributed by atoms with E-state index < -0.39 is 53.0 Å². The summed E-state index contributed by atoms with van der Waals surface area (Å²) in [5.41, 5.74) is -1.43. The van der Waals surface area contributed by atoms with Crippen molar-refractivity contribution in [1.29, 1.82) is 0 Å². The lowest BCUT2D eigenvalue weighted by molar-refractivity contribution is -0.137. The van der Waals surface area contributed by atoms with Crippen LogP contribution in [0.3, 0.4) is 0 Å². The minimum atomic E-state index is -4.64. The van der Waals surface area contributed by atoms with Crippen molar-refractivity contribution in [2.24, 2.45) is 11.8 Å². The van der Waals surface area contributed by atoms with Crippen LogP contribution in [0, 0.1) is 23.5 Å². The van der Waals surface area contributed by atoms with Crippen LogP contribution >= 0.6 is 11.6 Å². The number of fused-ring (bicyclic) bond motifs is 1. The predicted octanol–water partition coefficient (Wildman–Crippen LogP) is 4.90. The zero-order chi connectivity index (χ0) is 24.4. The van der Waals surface area contributed by atoms with Crippen LogP contribution in [0.2, 0.25) is 5.02 Å². The summed E-state index contributed by atoms with van der Waals surface area (Å²) in [6.45, 7) is 0. The summed E-state index contributed by atoms with van der Waals surface area (Å²) in [4.78, 5) is 31.4. The molecule has 5 rings (SSSR count). The van der Waals surface area contributed by atoms with Crippen LogP contribution in [-0.2, 0) is 11.0 Å². The highest BCUT2D eigenvalue weighted by atomic mass is 35.5. The van der Waals surface area contributed by atoms with Crippen molar-refractivity contribution in [3.8, 4) is 0 Å². The van der Waals surface area contributed by atoms with Crippen LogP contribution < -0.4 is 5.32 Å². The largest absolute Gasteiger partial charge is 0.416 e. The van der Waals surface area contributed by atoms with E-state index in [2.05, 4.69) is 10.3 Å². The van der Waals surface area contributed by atoms with E-state index in [1.165, 1.54) is 4.90 Å². The number of nitrogens with zero attached hydrogens (tertiary/aromatic N) is 2. The third-order valence-electron chi connectivity index (χ3n) is 6.71. The van der Waals surface area contributed by atoms with Crippen molar-refractivity contribution < 1.29 is 31.5 Å². The molecule has 1 aromatic heterocycles. The minimum absolute atomic E-state index is 0.0293. The number of nitrogens with one attached hydrogen (secondary N) is 1. The van der Waals surface area contributed by atoms with Crippen LogP contribution in [0.25, 0.3) is 0 Å². The third kappa shape index (κ3) is 4.23. The molecular formula is C23H19ClF5N3O2. The van der Waals surface area contributed by atoms with Crippen molar-refractivity contribution in [3.63, 3.8) is 0 Å². The average Bonchev–Trinajstić information content (AvgIpc) is 3.72. The number of likely N-dealkylation sites (tertiary alicyclic amines) is 1. The topological polar surface area (TPSA) is 62.3 Å². The van der Waals surface area contributed by atoms with Crippen LogP contribution in [-0.4, -0.2) is 33.8 Å². The molecule has 11 heteroatoms. The number of carbonyl (C=O) groups is 2. The fraction of sp³-hybridized carbons (Fsp3) is 0.435. The zero-order valence-corrected chi connectivity index (χ0v) is 18.3. The Hall–Kier alpha value is -2.75. The fourth-order valence-corrected chi connectivity index (χ4v) is 4.89. The Morgan fingerprint density at radius 2 is 1.85 bits per heavy atom. The number of hydrogen-bond acceptors (Lipinski definition) is 3. The maximum atomic E-state index is 14.6. The number of rotatable bonds is 5. The molecule has 3 aliphatic rings. The van der Waals surface area contributed by atoms with Gasteiger partial charge in [-0.05, 0) is 61.8 Å². The van der Waals surface area contributed by atoms with Gasteiger partial charge >= 0.3 is 6.18 Å². The number of piperidine rings is 1. The minimum Gasteiger partial charge on any atom is -0.347 e. The quantitative estimate of drug-likeness (QED) is 0.470. The van der Waals surface area contributed by atoms with Gasteiger partial charge < -0.3 is 10.2 Å². The van der Waals surface area contributed by atoms with E-state index in [0.717, 1.165) is 24.4 Å². The molecule has 1 N–H and O–H groups in total. The number of amides is 2. The first-order chi connectivity index (χ1) is 16.0. The molecular weight excluding hydrogens is 481 g/mol. The number of pyridine rings is 1. The van der Waals surface area contributed by atoms with Gasteiger partial charge in [-0.3, -0.25) is 14.6 Å². The van der Waals surface area contributed by atoms with E-state index in [-0.39, 0.29) is 28.5 Å². The van der Waals surface area contributed by atoms with Gasteiger partial charge in [-0.1, -0.05) is 11.6 Å². The Balaban J connectivity index is 1.38. The summed E-state index contributed by atoms with van der Waals surface area (Å²) in [5, 5.41) is 2.38. The molecule has 0 bridgehead atoms. The number of halogens is 6. The monoisotopic (exact) mass is 499 g/mol. The van der Waals surface area contributed by atoms with Gasteiger partial charge in [-0.2, -0.15) is 13.2 Å². The third-order valence-corrected chi connectivity index (χ3v) is 7.00. The van der Waals surface area contributed by atoms with Crippen molar-refractivity contribution in [2.45, 2.75) is 50.0 Å². The van der Waals surface area contributed by atoms with Gasteiger partial charge in [-0.15, -0.1) is 0 Å². The Morgan fingerprint density at radius 1 is 1.12 bits per heavy atom. The molecule has 5 nitrogen and oxygen atoms in total. The lowest BCUT2D eigenvalue weighted by Gasteiger charge is -2.29. The SMILES string of the molecule is O=C(NC(c1cc(F)c(Cl)cc1F)C1CC1)[C@H]1C[C@H]2C[C@H]2N1C(=O)c1cc(C(F)(F)F)ccn1. The molecule has 0 radical (unpaired) electrons. The van der Waals surface area contributed by atoms with Gasteiger partial charge in [0.2, 0.25) is 5.91 Å². The van der Waals surface area contributed by atoms with E-state index >= 15 is 0 Å². The molecule has 1 aliphatic heterocycles. The van der Waals surface area contributed by atoms with Crippen LogP contribution in [0.5, 0.6) is 0 Å². The smallest absolute Gasteiger partial charge is 0.347 e. The lowest BCUT2D eigenvalue weighted by atomic mass is 10.00. The molecule has 2 saturated carbocycles. The number of carbonyl (C=O) groups excluding carboxylic acids is 2. The molecule has 1 aromatic carbocycles. The summed E-state index contributed by atoms with van der Waals surface area (Å²) in [5.74, 6) is -2.91. The van der Waals surface area contributed by atoms with Crippen molar-refractivity contribution >= 4 is 23.4 Å². The molecule has 3 fully saturated rings. The maximum absolute atomic E-state index is 14.6. The number of benzene rings is 1. The predicted molar refractivity (Wildman–Crippen MR) is 111 cm³/mol. The summed E-state index contributed by atoms with van der Waals surface area (Å²) < 4.78 is 67.8. The number of alkyl halides is 3. The van der Waals surface area contributed by atoms with E-state index in [0.29, 0.717) is 31.7 Å². The molecule has 4 atom stereocenters. The Labute approximate surface area is 196 Å². The first-order valence-electron chi connectivity index (χ1n) is 10.9. The molecule has 0 spiro atoms.